The maximum absolute atomic E-state index is 11.8. The van der Waals surface area contributed by atoms with Gasteiger partial charge in [-0.15, -0.1) is 12.4 Å². The van der Waals surface area contributed by atoms with Crippen molar-refractivity contribution in [2.75, 3.05) is 25.0 Å². The Morgan fingerprint density at radius 1 is 1.33 bits per heavy atom. The van der Waals surface area contributed by atoms with E-state index in [4.69, 9.17) is 0 Å². The van der Waals surface area contributed by atoms with Crippen molar-refractivity contribution in [1.29, 1.82) is 0 Å². The average molecular weight is 315 g/mol. The first-order valence-corrected chi connectivity index (χ1v) is 6.64. The number of para-hydroxylation sites is 2. The molecule has 0 spiro atoms. The summed E-state index contributed by atoms with van der Waals surface area (Å²) < 4.78 is 0. The monoisotopic (exact) mass is 314 g/mol. The zero-order chi connectivity index (χ0) is 14.4. The minimum absolute atomic E-state index is 0. The zero-order valence-corrected chi connectivity index (χ0v) is 12.3. The summed E-state index contributed by atoms with van der Waals surface area (Å²) in [6.45, 7) is 1.85. The number of rotatable bonds is 5. The van der Waals surface area contributed by atoms with Crippen LogP contribution in [0.3, 0.4) is 0 Å². The van der Waals surface area contributed by atoms with Crippen molar-refractivity contribution in [3.63, 3.8) is 0 Å². The number of piperidine rings is 1. The predicted octanol–water partition coefficient (Wildman–Crippen LogP) is 1.30. The molecule has 2 rings (SSSR count). The molecule has 3 N–H and O–H groups in total. The summed E-state index contributed by atoms with van der Waals surface area (Å²) in [5, 5.41) is 19.8. The number of nitro benzene ring substituents is 1. The normalized spacial score (nSPS) is 14.9. The molecule has 1 heterocycles. The third-order valence-electron chi connectivity index (χ3n) is 3.24. The van der Waals surface area contributed by atoms with Gasteiger partial charge in [0.15, 0.2) is 0 Å². The number of nitrogens with one attached hydrogen (secondary N) is 3. The van der Waals surface area contributed by atoms with Crippen molar-refractivity contribution in [3.8, 4) is 0 Å². The van der Waals surface area contributed by atoms with Crippen molar-refractivity contribution < 1.29 is 9.72 Å². The Morgan fingerprint density at radius 3 is 2.67 bits per heavy atom. The predicted molar refractivity (Wildman–Crippen MR) is 82.9 cm³/mol. The molecule has 8 heteroatoms. The second kappa shape index (κ2) is 8.43. The van der Waals surface area contributed by atoms with Crippen molar-refractivity contribution in [3.05, 3.63) is 34.4 Å². The first-order valence-electron chi connectivity index (χ1n) is 6.64. The molecule has 0 saturated carbocycles. The Balaban J connectivity index is 0.00000220. The topological polar surface area (TPSA) is 96.3 Å². The first kappa shape index (κ1) is 17.2. The number of halogens is 1. The molecule has 116 valence electrons. The smallest absolute Gasteiger partial charge is 0.292 e. The highest BCUT2D eigenvalue weighted by Crippen LogP contribution is 2.22. The van der Waals surface area contributed by atoms with Gasteiger partial charge < -0.3 is 16.0 Å². The van der Waals surface area contributed by atoms with Gasteiger partial charge in [-0.05, 0) is 32.0 Å². The molecule has 1 aliphatic rings. The number of hydrogen-bond donors (Lipinski definition) is 3. The molecule has 0 aliphatic carbocycles. The van der Waals surface area contributed by atoms with Crippen LogP contribution in [0.15, 0.2) is 24.3 Å². The van der Waals surface area contributed by atoms with Gasteiger partial charge in [0.1, 0.15) is 5.69 Å². The van der Waals surface area contributed by atoms with E-state index in [1.165, 1.54) is 6.07 Å². The molecule has 1 fully saturated rings. The van der Waals surface area contributed by atoms with Gasteiger partial charge in [-0.25, -0.2) is 0 Å². The fraction of sp³-hybridized carbons (Fsp3) is 0.462. The lowest BCUT2D eigenvalue weighted by atomic mass is 10.1. The summed E-state index contributed by atoms with van der Waals surface area (Å²) in [5.41, 5.74) is 0.333. The molecular formula is C13H19ClN4O3. The number of carbonyl (C=O) groups is 1. The molecule has 1 saturated heterocycles. The van der Waals surface area contributed by atoms with Crippen LogP contribution in [0.1, 0.15) is 12.8 Å². The number of anilines is 1. The molecular weight excluding hydrogens is 296 g/mol. The Hall–Kier alpha value is -1.86. The second-order valence-electron chi connectivity index (χ2n) is 4.72. The van der Waals surface area contributed by atoms with E-state index in [1.54, 1.807) is 18.2 Å². The minimum atomic E-state index is -0.465. The lowest BCUT2D eigenvalue weighted by Gasteiger charge is -2.23. The standard InChI is InChI=1S/C13H18N4O3.ClH/c18-13(16-10-5-7-14-8-6-10)9-15-11-3-1-2-4-12(11)17(19)20;/h1-4,10,14-15H,5-9H2,(H,16,18);1H. The van der Waals surface area contributed by atoms with E-state index in [-0.39, 0.29) is 36.6 Å². The molecule has 0 unspecified atom stereocenters. The summed E-state index contributed by atoms with van der Waals surface area (Å²) in [7, 11) is 0. The number of amides is 1. The van der Waals surface area contributed by atoms with Gasteiger partial charge in [-0.2, -0.15) is 0 Å². The molecule has 0 aromatic heterocycles. The third-order valence-corrected chi connectivity index (χ3v) is 3.24. The number of hydrogen-bond acceptors (Lipinski definition) is 5. The van der Waals surface area contributed by atoms with Crippen molar-refractivity contribution in [2.45, 2.75) is 18.9 Å². The van der Waals surface area contributed by atoms with Gasteiger partial charge in [0.05, 0.1) is 11.5 Å². The van der Waals surface area contributed by atoms with Crippen LogP contribution in [0.4, 0.5) is 11.4 Å². The van der Waals surface area contributed by atoms with Gasteiger partial charge in [-0.1, -0.05) is 12.1 Å². The summed E-state index contributed by atoms with van der Waals surface area (Å²) in [5.74, 6) is -0.143. The van der Waals surface area contributed by atoms with Crippen LogP contribution >= 0.6 is 12.4 Å². The van der Waals surface area contributed by atoms with E-state index in [0.717, 1.165) is 25.9 Å². The highest BCUT2D eigenvalue weighted by atomic mass is 35.5. The SMILES string of the molecule is Cl.O=C(CNc1ccccc1[N+](=O)[O-])NC1CCNCC1. The second-order valence-corrected chi connectivity index (χ2v) is 4.72. The van der Waals surface area contributed by atoms with Crippen LogP contribution in [-0.2, 0) is 4.79 Å². The minimum Gasteiger partial charge on any atom is -0.371 e. The van der Waals surface area contributed by atoms with Gasteiger partial charge in [0.2, 0.25) is 5.91 Å². The Kier molecular flexibility index (Phi) is 6.90. The summed E-state index contributed by atoms with van der Waals surface area (Å²) in [6.07, 6.45) is 1.83. The van der Waals surface area contributed by atoms with E-state index >= 15 is 0 Å². The molecule has 0 bridgehead atoms. The summed E-state index contributed by atoms with van der Waals surface area (Å²) in [6, 6.07) is 6.48. The van der Waals surface area contributed by atoms with E-state index < -0.39 is 4.92 Å². The molecule has 1 aromatic rings. The number of carbonyl (C=O) groups excluding carboxylic acids is 1. The Morgan fingerprint density at radius 2 is 2.00 bits per heavy atom. The van der Waals surface area contributed by atoms with Gasteiger partial charge in [-0.3, -0.25) is 14.9 Å². The van der Waals surface area contributed by atoms with Crippen LogP contribution in [0.25, 0.3) is 0 Å². The van der Waals surface area contributed by atoms with Crippen LogP contribution in [0, 0.1) is 10.1 Å². The summed E-state index contributed by atoms with van der Waals surface area (Å²) >= 11 is 0. The largest absolute Gasteiger partial charge is 0.371 e. The third kappa shape index (κ3) is 5.20. The summed E-state index contributed by atoms with van der Waals surface area (Å²) in [4.78, 5) is 22.2. The van der Waals surface area contributed by atoms with Gasteiger partial charge in [0.25, 0.3) is 5.69 Å². The fourth-order valence-electron chi connectivity index (χ4n) is 2.20. The Bertz CT molecular complexity index is 492. The fourth-order valence-corrected chi connectivity index (χ4v) is 2.20. The molecule has 1 aromatic carbocycles. The van der Waals surface area contributed by atoms with E-state index in [2.05, 4.69) is 16.0 Å². The highest BCUT2D eigenvalue weighted by Gasteiger charge is 2.16. The number of benzene rings is 1. The lowest BCUT2D eigenvalue weighted by Crippen LogP contribution is -2.44. The van der Waals surface area contributed by atoms with Crippen molar-refractivity contribution >= 4 is 29.7 Å². The first-order chi connectivity index (χ1) is 9.66. The molecule has 1 aliphatic heterocycles. The van der Waals surface area contributed by atoms with Crippen LogP contribution < -0.4 is 16.0 Å². The van der Waals surface area contributed by atoms with Gasteiger partial charge >= 0.3 is 0 Å². The van der Waals surface area contributed by atoms with E-state index in [9.17, 15) is 14.9 Å². The van der Waals surface area contributed by atoms with E-state index in [1.807, 2.05) is 0 Å². The van der Waals surface area contributed by atoms with E-state index in [0.29, 0.717) is 5.69 Å². The average Bonchev–Trinajstić information content (AvgIpc) is 2.46. The van der Waals surface area contributed by atoms with Crippen LogP contribution in [0.5, 0.6) is 0 Å². The highest BCUT2D eigenvalue weighted by molar-refractivity contribution is 5.85. The molecule has 1 amide bonds. The maximum atomic E-state index is 11.8. The maximum Gasteiger partial charge on any atom is 0.292 e. The lowest BCUT2D eigenvalue weighted by molar-refractivity contribution is -0.383. The number of nitro groups is 1. The Labute approximate surface area is 129 Å². The van der Waals surface area contributed by atoms with Crippen LogP contribution in [-0.4, -0.2) is 36.5 Å². The quantitative estimate of drug-likeness (QED) is 0.562. The van der Waals surface area contributed by atoms with Gasteiger partial charge in [0, 0.05) is 12.1 Å². The van der Waals surface area contributed by atoms with Crippen LogP contribution in [0.2, 0.25) is 0 Å². The molecule has 0 radical (unpaired) electrons. The zero-order valence-electron chi connectivity index (χ0n) is 11.5. The molecule has 0 atom stereocenters. The van der Waals surface area contributed by atoms with Crippen molar-refractivity contribution in [2.24, 2.45) is 0 Å². The number of nitrogens with zero attached hydrogens (tertiary/aromatic N) is 1. The van der Waals surface area contributed by atoms with Crippen molar-refractivity contribution in [1.82, 2.24) is 10.6 Å². The molecule has 21 heavy (non-hydrogen) atoms. The molecule has 7 nitrogen and oxygen atoms in total.